The number of allylic oxidation sites excluding steroid dienone is 1. The molecule has 6 nitrogen and oxygen atoms in total. The van der Waals surface area contributed by atoms with E-state index in [1.165, 1.54) is 0 Å². The second-order valence-electron chi connectivity index (χ2n) is 7.89. The number of nitrogens with one attached hydrogen (secondary N) is 1. The minimum absolute atomic E-state index is 0.275. The molecule has 1 aliphatic carbocycles. The molecule has 1 unspecified atom stereocenters. The highest BCUT2D eigenvalue weighted by Gasteiger charge is 2.42. The van der Waals surface area contributed by atoms with E-state index in [0.29, 0.717) is 23.3 Å². The van der Waals surface area contributed by atoms with Gasteiger partial charge in [-0.2, -0.15) is 0 Å². The number of carbonyl (C=O) groups is 2. The van der Waals surface area contributed by atoms with Gasteiger partial charge in [0, 0.05) is 18.2 Å². The van der Waals surface area contributed by atoms with Gasteiger partial charge in [-0.25, -0.2) is 0 Å². The van der Waals surface area contributed by atoms with Crippen LogP contribution >= 0.6 is 11.8 Å². The first-order valence-electron chi connectivity index (χ1n) is 9.85. The predicted octanol–water partition coefficient (Wildman–Crippen LogP) is 2.50. The van der Waals surface area contributed by atoms with Crippen molar-refractivity contribution < 1.29 is 14.7 Å². The molecule has 146 valence electrons. The molecule has 3 aliphatic rings. The number of carbonyl (C=O) groups excluding carboxylic acids is 1. The highest BCUT2D eigenvalue weighted by molar-refractivity contribution is 8.04. The van der Waals surface area contributed by atoms with Crippen LogP contribution in [0.3, 0.4) is 0 Å². The smallest absolute Gasteiger partial charge is 0.303 e. The molecule has 1 saturated carbocycles. The maximum absolute atomic E-state index is 11.9. The third kappa shape index (κ3) is 4.36. The molecule has 2 heterocycles. The van der Waals surface area contributed by atoms with Crippen LogP contribution in [0.4, 0.5) is 0 Å². The SMILES string of the molecule is CC1=C(C(N)=O)SC(C2CCNCC2)N1[C@H]1CC[C@H](CCC(=O)O)CC1. The number of nitrogens with zero attached hydrogens (tertiary/aromatic N) is 1. The largest absolute Gasteiger partial charge is 0.481 e. The summed E-state index contributed by atoms with van der Waals surface area (Å²) >= 11 is 1.68. The van der Waals surface area contributed by atoms with E-state index in [2.05, 4.69) is 10.2 Å². The molecule has 0 radical (unpaired) electrons. The molecule has 3 rings (SSSR count). The van der Waals surface area contributed by atoms with Gasteiger partial charge in [-0.05, 0) is 76.8 Å². The van der Waals surface area contributed by atoms with E-state index in [4.69, 9.17) is 10.8 Å². The first-order valence-corrected chi connectivity index (χ1v) is 10.7. The summed E-state index contributed by atoms with van der Waals surface area (Å²) < 4.78 is 0. The molecule has 26 heavy (non-hydrogen) atoms. The van der Waals surface area contributed by atoms with Gasteiger partial charge in [-0.3, -0.25) is 9.59 Å². The van der Waals surface area contributed by atoms with Gasteiger partial charge in [0.05, 0.1) is 10.3 Å². The van der Waals surface area contributed by atoms with Crippen molar-refractivity contribution in [3.8, 4) is 0 Å². The summed E-state index contributed by atoms with van der Waals surface area (Å²) in [7, 11) is 0. The number of hydrogen-bond acceptors (Lipinski definition) is 5. The number of thioether (sulfide) groups is 1. The first kappa shape index (κ1) is 19.5. The predicted molar refractivity (Wildman–Crippen MR) is 103 cm³/mol. The lowest BCUT2D eigenvalue weighted by Gasteiger charge is -2.43. The molecule has 1 amide bonds. The van der Waals surface area contributed by atoms with Gasteiger partial charge in [0.2, 0.25) is 0 Å². The first-order chi connectivity index (χ1) is 12.5. The van der Waals surface area contributed by atoms with Gasteiger partial charge in [0.15, 0.2) is 0 Å². The van der Waals surface area contributed by atoms with Gasteiger partial charge >= 0.3 is 5.97 Å². The minimum Gasteiger partial charge on any atom is -0.481 e. The number of piperidine rings is 1. The van der Waals surface area contributed by atoms with Crippen molar-refractivity contribution in [2.75, 3.05) is 13.1 Å². The van der Waals surface area contributed by atoms with Gasteiger partial charge < -0.3 is 21.1 Å². The number of carboxylic acid groups (broad SMARTS) is 1. The average Bonchev–Trinajstić information content (AvgIpc) is 2.98. The maximum Gasteiger partial charge on any atom is 0.303 e. The fourth-order valence-electron chi connectivity index (χ4n) is 4.78. The van der Waals surface area contributed by atoms with Crippen LogP contribution in [-0.4, -0.2) is 46.4 Å². The van der Waals surface area contributed by atoms with Gasteiger partial charge in [0.25, 0.3) is 5.91 Å². The zero-order valence-corrected chi connectivity index (χ0v) is 16.4. The van der Waals surface area contributed by atoms with Crippen LogP contribution < -0.4 is 11.1 Å². The van der Waals surface area contributed by atoms with Crippen molar-refractivity contribution in [3.05, 3.63) is 10.6 Å². The second-order valence-corrected chi connectivity index (χ2v) is 9.02. The van der Waals surface area contributed by atoms with Crippen LogP contribution in [-0.2, 0) is 9.59 Å². The highest BCUT2D eigenvalue weighted by Crippen LogP contribution is 2.47. The van der Waals surface area contributed by atoms with Gasteiger partial charge in [-0.15, -0.1) is 0 Å². The molecular weight excluding hydrogens is 350 g/mol. The molecule has 4 N–H and O–H groups in total. The van der Waals surface area contributed by atoms with Crippen LogP contribution in [0, 0.1) is 11.8 Å². The Hall–Kier alpha value is -1.21. The van der Waals surface area contributed by atoms with E-state index < -0.39 is 5.97 Å². The lowest BCUT2D eigenvalue weighted by molar-refractivity contribution is -0.137. The second kappa shape index (κ2) is 8.65. The zero-order valence-electron chi connectivity index (χ0n) is 15.6. The average molecular weight is 382 g/mol. The summed E-state index contributed by atoms with van der Waals surface area (Å²) in [6.45, 7) is 4.13. The molecule has 2 fully saturated rings. The Bertz CT molecular complexity index is 566. The van der Waals surface area contributed by atoms with Gasteiger partial charge in [-0.1, -0.05) is 11.8 Å². The molecule has 0 bridgehead atoms. The van der Waals surface area contributed by atoms with Crippen LogP contribution in [0.25, 0.3) is 0 Å². The summed E-state index contributed by atoms with van der Waals surface area (Å²) in [5.41, 5.74) is 6.70. The van der Waals surface area contributed by atoms with Crippen LogP contribution in [0.15, 0.2) is 10.6 Å². The Morgan fingerprint density at radius 3 is 2.42 bits per heavy atom. The molecule has 0 aromatic rings. The Morgan fingerprint density at radius 1 is 1.19 bits per heavy atom. The Labute approximate surface area is 159 Å². The van der Waals surface area contributed by atoms with E-state index in [1.807, 2.05) is 6.92 Å². The van der Waals surface area contributed by atoms with E-state index in [1.54, 1.807) is 11.8 Å². The molecule has 2 aliphatic heterocycles. The van der Waals surface area contributed by atoms with Crippen molar-refractivity contribution in [1.29, 1.82) is 0 Å². The summed E-state index contributed by atoms with van der Waals surface area (Å²) in [6, 6.07) is 0.445. The monoisotopic (exact) mass is 381 g/mol. The molecule has 1 atom stereocenters. The van der Waals surface area contributed by atoms with E-state index >= 15 is 0 Å². The Morgan fingerprint density at radius 2 is 1.85 bits per heavy atom. The third-order valence-corrected chi connectivity index (χ3v) is 7.80. The van der Waals surface area contributed by atoms with Crippen molar-refractivity contribution in [2.45, 2.75) is 69.7 Å². The topological polar surface area (TPSA) is 95.7 Å². The van der Waals surface area contributed by atoms with Crippen molar-refractivity contribution >= 4 is 23.6 Å². The maximum atomic E-state index is 11.9. The summed E-state index contributed by atoms with van der Waals surface area (Å²) in [6.07, 6.45) is 7.66. The number of rotatable bonds is 6. The summed E-state index contributed by atoms with van der Waals surface area (Å²) in [5.74, 6) is 0.107. The standard InChI is InChI=1S/C19H31N3O3S/c1-12-17(18(20)25)26-19(14-8-10-21-11-9-14)22(12)15-5-2-13(3-6-15)4-7-16(23)24/h13-15,19,21H,2-11H2,1H3,(H2,20,25)(H,23,24)/t13-,15-,19?. The fourth-order valence-corrected chi connectivity index (χ4v) is 6.32. The lowest BCUT2D eigenvalue weighted by atomic mass is 9.82. The number of amides is 1. The van der Waals surface area contributed by atoms with Crippen molar-refractivity contribution in [1.82, 2.24) is 10.2 Å². The summed E-state index contributed by atoms with van der Waals surface area (Å²) in [4.78, 5) is 26.0. The zero-order chi connectivity index (χ0) is 18.7. The summed E-state index contributed by atoms with van der Waals surface area (Å²) in [5, 5.41) is 12.6. The fraction of sp³-hybridized carbons (Fsp3) is 0.789. The lowest BCUT2D eigenvalue weighted by Crippen LogP contribution is -2.45. The molecule has 0 spiro atoms. The number of nitrogens with two attached hydrogens (primary N) is 1. The number of aliphatic carboxylic acids is 1. The van der Waals surface area contributed by atoms with Crippen molar-refractivity contribution in [2.24, 2.45) is 17.6 Å². The molecular formula is C19H31N3O3S. The van der Waals surface area contributed by atoms with Crippen LogP contribution in [0.5, 0.6) is 0 Å². The Kier molecular flexibility index (Phi) is 6.51. The quantitative estimate of drug-likeness (QED) is 0.654. The van der Waals surface area contributed by atoms with E-state index in [-0.39, 0.29) is 12.3 Å². The minimum atomic E-state index is -0.695. The molecule has 0 aromatic heterocycles. The molecule has 0 aromatic carbocycles. The molecule has 7 heteroatoms. The normalized spacial score (nSPS) is 30.7. The van der Waals surface area contributed by atoms with Crippen LogP contribution in [0.2, 0.25) is 0 Å². The van der Waals surface area contributed by atoms with E-state index in [9.17, 15) is 9.59 Å². The van der Waals surface area contributed by atoms with Crippen LogP contribution in [0.1, 0.15) is 58.3 Å². The number of carboxylic acids is 1. The van der Waals surface area contributed by atoms with E-state index in [0.717, 1.165) is 68.6 Å². The Balaban J connectivity index is 1.68. The third-order valence-electron chi connectivity index (χ3n) is 6.22. The number of primary amides is 1. The highest BCUT2D eigenvalue weighted by atomic mass is 32.2. The van der Waals surface area contributed by atoms with Crippen molar-refractivity contribution in [3.63, 3.8) is 0 Å². The number of hydrogen-bond donors (Lipinski definition) is 3. The van der Waals surface area contributed by atoms with Gasteiger partial charge in [0.1, 0.15) is 0 Å². The molecule has 1 saturated heterocycles.